The zero-order valence-corrected chi connectivity index (χ0v) is 12.3. The molecule has 0 saturated heterocycles. The van der Waals surface area contributed by atoms with Gasteiger partial charge in [-0.1, -0.05) is 6.92 Å². The van der Waals surface area contributed by atoms with E-state index in [1.54, 1.807) is 0 Å². The van der Waals surface area contributed by atoms with E-state index < -0.39 is 0 Å². The molecule has 110 valence electrons. The summed E-state index contributed by atoms with van der Waals surface area (Å²) in [6.45, 7) is 6.04. The van der Waals surface area contributed by atoms with Gasteiger partial charge in [-0.2, -0.15) is 0 Å². The summed E-state index contributed by atoms with van der Waals surface area (Å²) >= 11 is 0. The van der Waals surface area contributed by atoms with Crippen molar-refractivity contribution >= 4 is 0 Å². The lowest BCUT2D eigenvalue weighted by molar-refractivity contribution is -0.226. The monoisotopic (exact) mass is 267 g/mol. The summed E-state index contributed by atoms with van der Waals surface area (Å²) in [5, 5.41) is 0. The van der Waals surface area contributed by atoms with Gasteiger partial charge < -0.3 is 15.2 Å². The van der Waals surface area contributed by atoms with Crippen LogP contribution in [-0.4, -0.2) is 33.0 Å². The van der Waals surface area contributed by atoms with Gasteiger partial charge in [0.05, 0.1) is 19.8 Å². The molecule has 0 amide bonds. The van der Waals surface area contributed by atoms with Crippen LogP contribution in [0.15, 0.2) is 0 Å². The van der Waals surface area contributed by atoms with E-state index in [-0.39, 0.29) is 0 Å². The first-order chi connectivity index (χ1) is 9.25. The van der Waals surface area contributed by atoms with Gasteiger partial charge in [0.2, 0.25) is 0 Å². The molecular weight excluding hydrogens is 238 g/mol. The third-order valence-corrected chi connectivity index (χ3v) is 5.85. The summed E-state index contributed by atoms with van der Waals surface area (Å²) in [6.07, 6.45) is 7.26. The van der Waals surface area contributed by atoms with Gasteiger partial charge in [0.25, 0.3) is 0 Å². The highest BCUT2D eigenvalue weighted by atomic mass is 16.5. The van der Waals surface area contributed by atoms with Crippen LogP contribution < -0.4 is 5.73 Å². The van der Waals surface area contributed by atoms with Crippen molar-refractivity contribution in [3.8, 4) is 0 Å². The Morgan fingerprint density at radius 1 is 1.00 bits per heavy atom. The highest BCUT2D eigenvalue weighted by molar-refractivity contribution is 5.14. The van der Waals surface area contributed by atoms with Crippen LogP contribution in [0.3, 0.4) is 0 Å². The first kappa shape index (κ1) is 13.8. The van der Waals surface area contributed by atoms with Gasteiger partial charge >= 0.3 is 0 Å². The summed E-state index contributed by atoms with van der Waals surface area (Å²) in [5.41, 5.74) is 6.07. The fourth-order valence-electron chi connectivity index (χ4n) is 5.36. The largest absolute Gasteiger partial charge is 0.379 e. The van der Waals surface area contributed by atoms with E-state index in [1.807, 2.05) is 0 Å². The van der Waals surface area contributed by atoms with Crippen molar-refractivity contribution in [2.45, 2.75) is 39.0 Å². The molecule has 0 aromatic rings. The second-order valence-corrected chi connectivity index (χ2v) is 7.16. The fourth-order valence-corrected chi connectivity index (χ4v) is 5.36. The van der Waals surface area contributed by atoms with Crippen molar-refractivity contribution in [1.82, 2.24) is 0 Å². The van der Waals surface area contributed by atoms with E-state index in [4.69, 9.17) is 15.2 Å². The maximum Gasteiger partial charge on any atom is 0.0701 e. The molecule has 3 aliphatic carbocycles. The molecule has 0 aromatic heterocycles. The molecule has 19 heavy (non-hydrogen) atoms. The van der Waals surface area contributed by atoms with E-state index in [0.717, 1.165) is 36.9 Å². The van der Waals surface area contributed by atoms with Crippen LogP contribution in [0.4, 0.5) is 0 Å². The van der Waals surface area contributed by atoms with E-state index in [9.17, 15) is 0 Å². The predicted molar refractivity (Wildman–Crippen MR) is 75.8 cm³/mol. The Morgan fingerprint density at radius 2 is 1.63 bits per heavy atom. The van der Waals surface area contributed by atoms with Crippen molar-refractivity contribution < 1.29 is 9.47 Å². The van der Waals surface area contributed by atoms with Crippen LogP contribution in [0.1, 0.15) is 39.0 Å². The lowest BCUT2D eigenvalue weighted by Crippen LogP contribution is -2.64. The minimum absolute atomic E-state index is 0.603. The van der Waals surface area contributed by atoms with Crippen molar-refractivity contribution in [1.29, 1.82) is 0 Å². The van der Waals surface area contributed by atoms with Gasteiger partial charge in [-0.15, -0.1) is 0 Å². The molecule has 0 aliphatic heterocycles. The molecule has 0 spiro atoms. The van der Waals surface area contributed by atoms with Gasteiger partial charge in [0.1, 0.15) is 0 Å². The van der Waals surface area contributed by atoms with Crippen molar-refractivity contribution in [2.24, 2.45) is 34.8 Å². The molecule has 0 heterocycles. The maximum atomic E-state index is 5.71. The zero-order chi connectivity index (χ0) is 13.3. The molecule has 3 nitrogen and oxygen atoms in total. The Hall–Kier alpha value is -0.120. The normalized spacial score (nSPS) is 43.3. The van der Waals surface area contributed by atoms with Crippen molar-refractivity contribution in [2.75, 3.05) is 33.0 Å². The highest BCUT2D eigenvalue weighted by Crippen LogP contribution is 2.73. The van der Waals surface area contributed by atoms with Crippen LogP contribution in [0, 0.1) is 29.1 Å². The minimum atomic E-state index is 0.603. The average Bonchev–Trinajstić information content (AvgIpc) is 2.33. The third-order valence-electron chi connectivity index (χ3n) is 5.85. The van der Waals surface area contributed by atoms with Crippen LogP contribution in [0.5, 0.6) is 0 Å². The molecule has 0 bridgehead atoms. The van der Waals surface area contributed by atoms with Crippen LogP contribution >= 0.6 is 0 Å². The van der Waals surface area contributed by atoms with Crippen LogP contribution in [0.2, 0.25) is 0 Å². The summed E-state index contributed by atoms with van der Waals surface area (Å²) in [5.74, 6) is 4.19. The zero-order valence-electron chi connectivity index (χ0n) is 12.3. The number of hydrogen-bond acceptors (Lipinski definition) is 3. The molecule has 3 fully saturated rings. The Kier molecular flexibility index (Phi) is 4.16. The lowest BCUT2D eigenvalue weighted by Gasteiger charge is -2.71. The summed E-state index contributed by atoms with van der Waals surface area (Å²) < 4.78 is 11.0. The molecule has 2 N–H and O–H groups in total. The number of ether oxygens (including phenoxy) is 2. The van der Waals surface area contributed by atoms with E-state index in [1.165, 1.54) is 32.1 Å². The molecule has 0 radical (unpaired) electrons. The molecule has 2 atom stereocenters. The predicted octanol–water partition coefficient (Wildman–Crippen LogP) is 2.44. The molecule has 3 heteroatoms. The smallest absolute Gasteiger partial charge is 0.0701 e. The average molecular weight is 267 g/mol. The van der Waals surface area contributed by atoms with Gasteiger partial charge in [0, 0.05) is 13.2 Å². The molecule has 3 rings (SSSR count). The molecule has 0 aromatic carbocycles. The number of nitrogens with two attached hydrogens (primary N) is 1. The van der Waals surface area contributed by atoms with Crippen LogP contribution in [-0.2, 0) is 9.47 Å². The van der Waals surface area contributed by atoms with E-state index in [2.05, 4.69) is 6.92 Å². The van der Waals surface area contributed by atoms with Gasteiger partial charge in [-0.3, -0.25) is 0 Å². The van der Waals surface area contributed by atoms with E-state index >= 15 is 0 Å². The molecule has 2 unspecified atom stereocenters. The number of hydrogen-bond donors (Lipinski definition) is 1. The summed E-state index contributed by atoms with van der Waals surface area (Å²) in [6, 6.07) is 0. The van der Waals surface area contributed by atoms with E-state index in [0.29, 0.717) is 25.2 Å². The highest BCUT2D eigenvalue weighted by Gasteiger charge is 2.65. The lowest BCUT2D eigenvalue weighted by atomic mass is 9.34. The molecule has 3 aliphatic rings. The van der Waals surface area contributed by atoms with Gasteiger partial charge in [-0.25, -0.2) is 0 Å². The third kappa shape index (κ3) is 2.57. The van der Waals surface area contributed by atoms with Gasteiger partial charge in [-0.05, 0) is 61.2 Å². The van der Waals surface area contributed by atoms with Crippen molar-refractivity contribution in [3.05, 3.63) is 0 Å². The Bertz CT molecular complexity index is 291. The van der Waals surface area contributed by atoms with Crippen LogP contribution in [0.25, 0.3) is 0 Å². The quantitative estimate of drug-likeness (QED) is 0.687. The number of rotatable bonds is 8. The van der Waals surface area contributed by atoms with Gasteiger partial charge in [0.15, 0.2) is 0 Å². The summed E-state index contributed by atoms with van der Waals surface area (Å²) in [4.78, 5) is 0. The Balaban J connectivity index is 1.31. The topological polar surface area (TPSA) is 44.5 Å². The summed E-state index contributed by atoms with van der Waals surface area (Å²) in [7, 11) is 0. The fraction of sp³-hybridized carbons (Fsp3) is 1.00. The second kappa shape index (κ2) is 5.71. The standard InChI is InChI=1S/C16H29NO2/c1-12-8-13-10-16(11-14(9-12)15(13)16)2-4-18-6-7-19-5-3-17/h12-15H,2-11,17H2,1H3. The maximum absolute atomic E-state index is 5.71. The minimum Gasteiger partial charge on any atom is -0.379 e. The Labute approximate surface area is 117 Å². The first-order valence-electron chi connectivity index (χ1n) is 8.11. The first-order valence-corrected chi connectivity index (χ1v) is 8.11. The molecule has 3 saturated carbocycles. The Morgan fingerprint density at radius 3 is 2.26 bits per heavy atom. The SMILES string of the molecule is CC1CC2CC3(CCOCCOCCN)CC(C1)C23. The molecular formula is C16H29NO2. The second-order valence-electron chi connectivity index (χ2n) is 7.16. The van der Waals surface area contributed by atoms with Crippen molar-refractivity contribution in [3.63, 3.8) is 0 Å².